The van der Waals surface area contributed by atoms with Crippen LogP contribution in [0.15, 0.2) is 71.8 Å². The highest BCUT2D eigenvalue weighted by molar-refractivity contribution is 5.96. The zero-order valence-electron chi connectivity index (χ0n) is 19.3. The van der Waals surface area contributed by atoms with Gasteiger partial charge in [0.25, 0.3) is 5.91 Å². The third-order valence-corrected chi connectivity index (χ3v) is 6.55. The number of benzene rings is 2. The average molecular weight is 460 g/mol. The lowest BCUT2D eigenvalue weighted by Gasteiger charge is -2.26. The van der Waals surface area contributed by atoms with E-state index in [4.69, 9.17) is 0 Å². The molecule has 1 aromatic heterocycles. The maximum absolute atomic E-state index is 13.0. The van der Waals surface area contributed by atoms with Crippen LogP contribution in [0.1, 0.15) is 59.7 Å². The highest BCUT2D eigenvalue weighted by atomic mass is 16.4. The highest BCUT2D eigenvalue weighted by Crippen LogP contribution is 2.32. The summed E-state index contributed by atoms with van der Waals surface area (Å²) < 4.78 is 2.44. The third kappa shape index (κ3) is 5.09. The van der Waals surface area contributed by atoms with Gasteiger partial charge in [-0.25, -0.2) is 9.59 Å². The summed E-state index contributed by atoms with van der Waals surface area (Å²) in [7, 11) is 0. The number of aromatic nitrogens is 3. The van der Waals surface area contributed by atoms with Gasteiger partial charge in [-0.3, -0.25) is 9.36 Å². The summed E-state index contributed by atoms with van der Waals surface area (Å²) in [5.41, 5.74) is 2.08. The van der Waals surface area contributed by atoms with Crippen LogP contribution in [0.3, 0.4) is 0 Å². The van der Waals surface area contributed by atoms with Crippen molar-refractivity contribution in [3.05, 3.63) is 88.6 Å². The summed E-state index contributed by atoms with van der Waals surface area (Å²) >= 11 is 0. The number of allylic oxidation sites excluding steroid dienone is 2. The van der Waals surface area contributed by atoms with Gasteiger partial charge in [0.1, 0.15) is 6.33 Å². The molecule has 1 fully saturated rings. The molecule has 0 amide bonds. The standard InChI is InChI=1S/C27H29N3O4/c1-2-3-7-19-8-6-9-22(16-19)25(31)30-27(34)29(18-28-30)17-20-12-14-21(15-13-20)23-10-4-5-11-24(23)26(32)33/h2-5,10-15,18-19,22H,6-9,16-17H2,1H3,(H,32,33). The van der Waals surface area contributed by atoms with Gasteiger partial charge < -0.3 is 5.11 Å². The number of nitrogens with zero attached hydrogens (tertiary/aromatic N) is 3. The zero-order valence-corrected chi connectivity index (χ0v) is 19.3. The topological polar surface area (TPSA) is 94.2 Å². The molecule has 0 aliphatic heterocycles. The molecule has 3 aromatic rings. The second-order valence-electron chi connectivity index (χ2n) is 8.87. The Hall–Kier alpha value is -3.74. The summed E-state index contributed by atoms with van der Waals surface area (Å²) in [5, 5.41) is 13.5. The molecule has 7 nitrogen and oxygen atoms in total. The number of carboxylic acid groups (broad SMARTS) is 1. The van der Waals surface area contributed by atoms with E-state index in [1.807, 2.05) is 37.3 Å². The van der Waals surface area contributed by atoms with Crippen LogP contribution in [0.2, 0.25) is 0 Å². The first kappa shape index (κ1) is 23.4. The number of carbonyl (C=O) groups is 2. The van der Waals surface area contributed by atoms with E-state index in [9.17, 15) is 19.5 Å². The SMILES string of the molecule is CC=CCC1CCCC(C(=O)n2ncn(Cc3ccc(-c4ccccc4C(=O)O)cc3)c2=O)C1. The fourth-order valence-corrected chi connectivity index (χ4v) is 4.73. The van der Waals surface area contributed by atoms with Crippen LogP contribution in [-0.4, -0.2) is 31.3 Å². The van der Waals surface area contributed by atoms with Crippen molar-refractivity contribution in [2.75, 3.05) is 0 Å². The Labute approximate surface area is 198 Å². The molecule has 4 rings (SSSR count). The quantitative estimate of drug-likeness (QED) is 0.509. The second-order valence-corrected chi connectivity index (χ2v) is 8.87. The molecule has 2 aromatic carbocycles. The average Bonchev–Trinajstić information content (AvgIpc) is 3.22. The fraction of sp³-hybridized carbons (Fsp3) is 0.333. The van der Waals surface area contributed by atoms with Gasteiger partial charge in [0.2, 0.25) is 0 Å². The van der Waals surface area contributed by atoms with E-state index in [0.717, 1.165) is 47.9 Å². The van der Waals surface area contributed by atoms with Crippen molar-refractivity contribution in [3.8, 4) is 11.1 Å². The van der Waals surface area contributed by atoms with Crippen LogP contribution < -0.4 is 5.69 Å². The molecule has 0 bridgehead atoms. The molecule has 176 valence electrons. The molecule has 2 atom stereocenters. The molecule has 1 heterocycles. The predicted molar refractivity (Wildman–Crippen MR) is 130 cm³/mol. The Kier molecular flexibility index (Phi) is 7.21. The van der Waals surface area contributed by atoms with Gasteiger partial charge in [0.15, 0.2) is 0 Å². The summed E-state index contributed by atoms with van der Waals surface area (Å²) in [4.78, 5) is 37.4. The zero-order chi connectivity index (χ0) is 24.1. The fourth-order valence-electron chi connectivity index (χ4n) is 4.73. The maximum atomic E-state index is 13.0. The Balaban J connectivity index is 1.47. The monoisotopic (exact) mass is 459 g/mol. The van der Waals surface area contributed by atoms with Gasteiger partial charge in [-0.2, -0.15) is 5.10 Å². The van der Waals surface area contributed by atoms with Crippen molar-refractivity contribution in [3.63, 3.8) is 0 Å². The summed E-state index contributed by atoms with van der Waals surface area (Å²) in [6, 6.07) is 14.2. The van der Waals surface area contributed by atoms with Crippen LogP contribution in [0, 0.1) is 11.8 Å². The molecule has 0 spiro atoms. The minimum absolute atomic E-state index is 0.168. The van der Waals surface area contributed by atoms with E-state index in [2.05, 4.69) is 11.2 Å². The number of aromatic carboxylic acids is 1. The lowest BCUT2D eigenvalue weighted by molar-refractivity contribution is 0.0696. The Morgan fingerprint density at radius 2 is 1.88 bits per heavy atom. The number of carbonyl (C=O) groups excluding carboxylic acids is 1. The maximum Gasteiger partial charge on any atom is 0.353 e. The lowest BCUT2D eigenvalue weighted by atomic mass is 9.79. The van der Waals surface area contributed by atoms with Crippen LogP contribution in [0.5, 0.6) is 0 Å². The number of rotatable bonds is 7. The summed E-state index contributed by atoms with van der Waals surface area (Å²) in [6.07, 6.45) is 10.3. The number of hydrogen-bond acceptors (Lipinski definition) is 4. The van der Waals surface area contributed by atoms with E-state index < -0.39 is 11.7 Å². The van der Waals surface area contributed by atoms with E-state index in [0.29, 0.717) is 11.5 Å². The first-order valence-corrected chi connectivity index (χ1v) is 11.7. The number of hydrogen-bond donors (Lipinski definition) is 1. The smallest absolute Gasteiger partial charge is 0.353 e. The molecular weight excluding hydrogens is 430 g/mol. The molecule has 1 aliphatic rings. The van der Waals surface area contributed by atoms with Crippen molar-refractivity contribution < 1.29 is 14.7 Å². The summed E-state index contributed by atoms with van der Waals surface area (Å²) in [5.74, 6) is -0.885. The first-order valence-electron chi connectivity index (χ1n) is 11.7. The minimum atomic E-state index is -0.977. The van der Waals surface area contributed by atoms with Crippen molar-refractivity contribution >= 4 is 11.9 Å². The van der Waals surface area contributed by atoms with E-state index in [1.54, 1.807) is 24.3 Å². The van der Waals surface area contributed by atoms with Crippen LogP contribution in [0.4, 0.5) is 0 Å². The normalized spacial score (nSPS) is 18.3. The van der Waals surface area contributed by atoms with Gasteiger partial charge in [-0.1, -0.05) is 67.5 Å². The van der Waals surface area contributed by atoms with Gasteiger partial charge >= 0.3 is 11.7 Å². The summed E-state index contributed by atoms with van der Waals surface area (Å²) in [6.45, 7) is 2.28. The van der Waals surface area contributed by atoms with Crippen molar-refractivity contribution in [2.45, 2.75) is 45.6 Å². The minimum Gasteiger partial charge on any atom is -0.478 e. The molecular formula is C27H29N3O4. The van der Waals surface area contributed by atoms with E-state index >= 15 is 0 Å². The molecule has 0 saturated heterocycles. The van der Waals surface area contributed by atoms with Crippen LogP contribution >= 0.6 is 0 Å². The van der Waals surface area contributed by atoms with E-state index in [-0.39, 0.29) is 23.9 Å². The molecule has 1 aliphatic carbocycles. The van der Waals surface area contributed by atoms with Crippen molar-refractivity contribution in [1.82, 2.24) is 14.3 Å². The highest BCUT2D eigenvalue weighted by Gasteiger charge is 2.29. The van der Waals surface area contributed by atoms with Crippen LogP contribution in [0.25, 0.3) is 11.1 Å². The predicted octanol–water partition coefficient (Wildman–Crippen LogP) is 4.87. The molecule has 2 unspecified atom stereocenters. The lowest BCUT2D eigenvalue weighted by Crippen LogP contribution is -2.36. The van der Waals surface area contributed by atoms with Gasteiger partial charge in [0, 0.05) is 5.92 Å². The molecule has 34 heavy (non-hydrogen) atoms. The second kappa shape index (κ2) is 10.5. The molecule has 1 saturated carbocycles. The number of carboxylic acids is 1. The van der Waals surface area contributed by atoms with Crippen molar-refractivity contribution in [1.29, 1.82) is 0 Å². The van der Waals surface area contributed by atoms with Gasteiger partial charge in [0.05, 0.1) is 12.1 Å². The van der Waals surface area contributed by atoms with Gasteiger partial charge in [-0.05, 0) is 54.9 Å². The van der Waals surface area contributed by atoms with Crippen LogP contribution in [-0.2, 0) is 6.54 Å². The Morgan fingerprint density at radius 3 is 2.62 bits per heavy atom. The van der Waals surface area contributed by atoms with Crippen molar-refractivity contribution in [2.24, 2.45) is 11.8 Å². The Morgan fingerprint density at radius 1 is 1.12 bits per heavy atom. The van der Waals surface area contributed by atoms with Gasteiger partial charge in [-0.15, -0.1) is 4.68 Å². The largest absolute Gasteiger partial charge is 0.478 e. The van der Waals surface area contributed by atoms with E-state index in [1.165, 1.54) is 10.9 Å². The third-order valence-electron chi connectivity index (χ3n) is 6.55. The first-order chi connectivity index (χ1) is 16.5. The Bertz CT molecular complexity index is 1250. The molecule has 0 radical (unpaired) electrons. The molecule has 1 N–H and O–H groups in total. The molecule has 7 heteroatoms.